The number of aliphatic hydroxyl groups is 1. The fourth-order valence-corrected chi connectivity index (χ4v) is 4.00. The molecule has 0 radical (unpaired) electrons. The Labute approximate surface area is 205 Å². The van der Waals surface area contributed by atoms with Gasteiger partial charge in [-0.15, -0.1) is 0 Å². The Bertz CT molecular complexity index is 1090. The molecule has 1 saturated heterocycles. The number of rotatable bonds is 7. The largest absolute Gasteiger partial charge is 0.547 e. The van der Waals surface area contributed by atoms with Gasteiger partial charge in [0.25, 0.3) is 0 Å². The number of benzene rings is 1. The highest BCUT2D eigenvalue weighted by Crippen LogP contribution is 2.32. The van der Waals surface area contributed by atoms with Gasteiger partial charge in [0.05, 0.1) is 12.0 Å². The van der Waals surface area contributed by atoms with Crippen molar-refractivity contribution in [3.8, 4) is 5.75 Å². The van der Waals surface area contributed by atoms with Crippen molar-refractivity contribution in [2.45, 2.75) is 44.8 Å². The standard InChI is InChI=1S/C21H26BFN4O9/c1-3-6-26-7-8-27(19(31)18(26)30)21(34)25-15(10(2)28)17(29)24-13-9-11-4-5-12(23)14(20(32)33)16(11)36-22(13)35/h4-5,10,13,15,28,35H,3,6-9H2,1-2H3,(H,24,29)(H,25,34)(H,32,33)/t10-,13?,15-/m1/s1. The topological polar surface area (TPSA) is 186 Å². The van der Waals surface area contributed by atoms with Crippen LogP contribution in [0.5, 0.6) is 5.75 Å². The summed E-state index contributed by atoms with van der Waals surface area (Å²) in [4.78, 5) is 63.4. The molecular formula is C21H26BFN4O9. The lowest BCUT2D eigenvalue weighted by Crippen LogP contribution is -2.63. The second kappa shape index (κ2) is 10.9. The van der Waals surface area contributed by atoms with Gasteiger partial charge in [0.15, 0.2) is 0 Å². The van der Waals surface area contributed by atoms with Crippen LogP contribution in [0, 0.1) is 5.82 Å². The Hall–Kier alpha value is -3.72. The predicted octanol–water partition coefficient (Wildman–Crippen LogP) is -1.50. The van der Waals surface area contributed by atoms with E-state index in [1.54, 1.807) is 0 Å². The van der Waals surface area contributed by atoms with Gasteiger partial charge < -0.3 is 35.4 Å². The van der Waals surface area contributed by atoms with Crippen molar-refractivity contribution in [1.82, 2.24) is 20.4 Å². The number of fused-ring (bicyclic) bond motifs is 1. The van der Waals surface area contributed by atoms with E-state index in [2.05, 4.69) is 10.6 Å². The number of hydrogen-bond acceptors (Lipinski definition) is 8. The van der Waals surface area contributed by atoms with E-state index in [0.29, 0.717) is 17.9 Å². The molecule has 0 aliphatic carbocycles. The fraction of sp³-hybridized carbons (Fsp3) is 0.476. The van der Waals surface area contributed by atoms with Crippen LogP contribution in [-0.4, -0.2) is 99.6 Å². The molecule has 2 aliphatic heterocycles. The van der Waals surface area contributed by atoms with E-state index in [1.165, 1.54) is 17.9 Å². The number of carboxylic acids is 1. The minimum Gasteiger partial charge on any atom is -0.534 e. The molecule has 1 unspecified atom stereocenters. The average Bonchev–Trinajstić information content (AvgIpc) is 2.80. The third kappa shape index (κ3) is 5.41. The van der Waals surface area contributed by atoms with E-state index in [9.17, 15) is 43.6 Å². The number of halogens is 1. The number of nitrogens with zero attached hydrogens (tertiary/aromatic N) is 2. The lowest BCUT2D eigenvalue weighted by atomic mass is 9.72. The molecule has 0 spiro atoms. The van der Waals surface area contributed by atoms with Gasteiger partial charge in [-0.2, -0.15) is 0 Å². The van der Waals surface area contributed by atoms with Gasteiger partial charge in [-0.3, -0.25) is 19.3 Å². The van der Waals surface area contributed by atoms with Gasteiger partial charge >= 0.3 is 30.9 Å². The first kappa shape index (κ1) is 26.9. The zero-order chi connectivity index (χ0) is 26.7. The zero-order valence-electron chi connectivity index (χ0n) is 19.6. The van der Waals surface area contributed by atoms with Crippen LogP contribution in [0.3, 0.4) is 0 Å². The van der Waals surface area contributed by atoms with Crippen molar-refractivity contribution in [3.63, 3.8) is 0 Å². The van der Waals surface area contributed by atoms with Crippen LogP contribution >= 0.6 is 0 Å². The molecule has 0 bridgehead atoms. The van der Waals surface area contributed by atoms with Gasteiger partial charge in [0, 0.05) is 19.6 Å². The van der Waals surface area contributed by atoms with E-state index in [0.717, 1.165) is 6.07 Å². The second-order valence-corrected chi connectivity index (χ2v) is 8.46. The minimum absolute atomic E-state index is 0.0982. The highest BCUT2D eigenvalue weighted by Gasteiger charge is 2.42. The Balaban J connectivity index is 1.70. The molecule has 2 heterocycles. The van der Waals surface area contributed by atoms with Crippen molar-refractivity contribution in [3.05, 3.63) is 29.1 Å². The summed E-state index contributed by atoms with van der Waals surface area (Å²) in [6, 6.07) is -0.473. The molecule has 1 aromatic rings. The number of carboxylic acid groups (broad SMARTS) is 1. The summed E-state index contributed by atoms with van der Waals surface area (Å²) in [5.74, 6) is -7.03. The van der Waals surface area contributed by atoms with E-state index >= 15 is 0 Å². The number of imide groups is 1. The zero-order valence-corrected chi connectivity index (χ0v) is 19.6. The van der Waals surface area contributed by atoms with Gasteiger partial charge in [0.1, 0.15) is 23.2 Å². The minimum atomic E-state index is -1.77. The first-order chi connectivity index (χ1) is 17.0. The van der Waals surface area contributed by atoms with Crippen molar-refractivity contribution in [1.29, 1.82) is 0 Å². The molecule has 0 aromatic heterocycles. The summed E-state index contributed by atoms with van der Waals surface area (Å²) >= 11 is 0. The van der Waals surface area contributed by atoms with E-state index in [1.807, 2.05) is 6.92 Å². The smallest absolute Gasteiger partial charge is 0.534 e. The van der Waals surface area contributed by atoms with Gasteiger partial charge in [-0.05, 0) is 31.4 Å². The number of piperazine rings is 1. The summed E-state index contributed by atoms with van der Waals surface area (Å²) in [5.41, 5.74) is -0.556. The first-order valence-electron chi connectivity index (χ1n) is 11.2. The molecule has 0 saturated carbocycles. The van der Waals surface area contributed by atoms with Crippen LogP contribution in [0.1, 0.15) is 36.2 Å². The van der Waals surface area contributed by atoms with Crippen molar-refractivity contribution < 1.29 is 48.3 Å². The van der Waals surface area contributed by atoms with Gasteiger partial charge in [-0.1, -0.05) is 13.0 Å². The quantitative estimate of drug-likeness (QED) is 0.216. The summed E-state index contributed by atoms with van der Waals surface area (Å²) in [6.45, 7) is 3.43. The maximum Gasteiger partial charge on any atom is 0.547 e. The molecule has 3 atom stereocenters. The maximum atomic E-state index is 13.9. The van der Waals surface area contributed by atoms with Crippen molar-refractivity contribution in [2.24, 2.45) is 0 Å². The molecular weight excluding hydrogens is 482 g/mol. The molecule has 13 nitrogen and oxygen atoms in total. The monoisotopic (exact) mass is 508 g/mol. The van der Waals surface area contributed by atoms with E-state index in [-0.39, 0.29) is 30.8 Å². The molecule has 1 fully saturated rings. The number of urea groups is 1. The summed E-state index contributed by atoms with van der Waals surface area (Å²) < 4.78 is 19.1. The molecule has 5 amide bonds. The Morgan fingerprint density at radius 1 is 1.25 bits per heavy atom. The van der Waals surface area contributed by atoms with Crippen LogP contribution in [0.2, 0.25) is 0 Å². The molecule has 194 valence electrons. The van der Waals surface area contributed by atoms with Crippen LogP contribution in [-0.2, 0) is 20.8 Å². The summed E-state index contributed by atoms with van der Waals surface area (Å²) in [5, 5.41) is 34.2. The van der Waals surface area contributed by atoms with E-state index in [4.69, 9.17) is 4.65 Å². The Morgan fingerprint density at radius 3 is 2.56 bits per heavy atom. The lowest BCUT2D eigenvalue weighted by molar-refractivity contribution is -0.153. The number of hydrogen-bond donors (Lipinski definition) is 5. The van der Waals surface area contributed by atoms with Crippen molar-refractivity contribution in [2.75, 3.05) is 19.6 Å². The fourth-order valence-electron chi connectivity index (χ4n) is 4.00. The molecule has 1 aromatic carbocycles. The van der Waals surface area contributed by atoms with Gasteiger partial charge in [0.2, 0.25) is 5.91 Å². The summed E-state index contributed by atoms with van der Waals surface area (Å²) in [6.07, 6.45) is -0.957. The number of nitrogens with one attached hydrogen (secondary N) is 2. The summed E-state index contributed by atoms with van der Waals surface area (Å²) in [7, 11) is -1.77. The first-order valence-corrected chi connectivity index (χ1v) is 11.2. The van der Waals surface area contributed by atoms with E-state index < -0.39 is 66.3 Å². The molecule has 5 N–H and O–H groups in total. The van der Waals surface area contributed by atoms with Crippen LogP contribution in [0.25, 0.3) is 0 Å². The number of carbonyl (C=O) groups is 5. The predicted molar refractivity (Wildman–Crippen MR) is 120 cm³/mol. The third-order valence-corrected chi connectivity index (χ3v) is 5.84. The maximum absolute atomic E-state index is 13.9. The highest BCUT2D eigenvalue weighted by atomic mass is 19.1. The Morgan fingerprint density at radius 2 is 1.94 bits per heavy atom. The number of aromatic carboxylic acids is 1. The molecule has 3 rings (SSSR count). The van der Waals surface area contributed by atoms with Crippen molar-refractivity contribution >= 4 is 36.8 Å². The highest BCUT2D eigenvalue weighted by molar-refractivity contribution is 6.47. The third-order valence-electron chi connectivity index (χ3n) is 5.84. The van der Waals surface area contributed by atoms with Crippen LogP contribution in [0.15, 0.2) is 12.1 Å². The number of carbonyl (C=O) groups excluding carboxylic acids is 4. The molecule has 36 heavy (non-hydrogen) atoms. The number of amides is 5. The Kier molecular flexibility index (Phi) is 8.15. The van der Waals surface area contributed by atoms with Crippen LogP contribution in [0.4, 0.5) is 9.18 Å². The molecule has 15 heteroatoms. The lowest BCUT2D eigenvalue weighted by Gasteiger charge is -2.34. The SMILES string of the molecule is CCCN1CCN(C(=O)N[C@@H](C(=O)NC2Cc3ccc(F)c(C(=O)O)c3OB2O)[C@@H](C)O)C(=O)C1=O. The van der Waals surface area contributed by atoms with Gasteiger partial charge in [-0.25, -0.2) is 14.0 Å². The van der Waals surface area contributed by atoms with Crippen LogP contribution < -0.4 is 15.3 Å². The normalized spacial score (nSPS) is 19.2. The second-order valence-electron chi connectivity index (χ2n) is 8.46. The number of aliphatic hydroxyl groups excluding tert-OH is 1. The average molecular weight is 508 g/mol. The molecule has 2 aliphatic rings.